The van der Waals surface area contributed by atoms with Gasteiger partial charge in [0, 0.05) is 5.69 Å². The first-order chi connectivity index (χ1) is 8.79. The molecule has 1 rings (SSSR count). The van der Waals surface area contributed by atoms with Gasteiger partial charge in [0.2, 0.25) is 0 Å². The molecule has 0 amide bonds. The fourth-order valence-corrected chi connectivity index (χ4v) is 2.17. The van der Waals surface area contributed by atoms with Crippen LogP contribution >= 0.6 is 15.9 Å². The number of halogens is 2. The van der Waals surface area contributed by atoms with Gasteiger partial charge in [-0.15, -0.1) is 0 Å². The van der Waals surface area contributed by atoms with E-state index in [9.17, 15) is 8.94 Å². The Morgan fingerprint density at radius 2 is 2.21 bits per heavy atom. The first-order valence-corrected chi connectivity index (χ1v) is 7.90. The minimum Gasteiger partial charge on any atom is -0.591 e. The van der Waals surface area contributed by atoms with E-state index < -0.39 is 22.3 Å². The second-order valence-electron chi connectivity index (χ2n) is 5.12. The average molecular weight is 349 g/mol. The number of hydrogen-bond donors (Lipinski definition) is 0. The van der Waals surface area contributed by atoms with E-state index >= 15 is 0 Å². The van der Waals surface area contributed by atoms with Gasteiger partial charge in [-0.3, -0.25) is 0 Å². The summed E-state index contributed by atoms with van der Waals surface area (Å²) in [6, 6.07) is 5.54. The largest absolute Gasteiger partial charge is 0.591 e. The summed E-state index contributed by atoms with van der Waals surface area (Å²) in [5.41, 5.74) is 0.822. The summed E-state index contributed by atoms with van der Waals surface area (Å²) in [6.07, 6.45) is 0.745. The van der Waals surface area contributed by atoms with E-state index in [-0.39, 0.29) is 6.42 Å². The third kappa shape index (κ3) is 6.49. The van der Waals surface area contributed by atoms with Crippen LogP contribution in [0.1, 0.15) is 32.9 Å². The molecule has 0 N–H and O–H groups in total. The molecule has 1 aromatic heterocycles. The van der Waals surface area contributed by atoms with Crippen molar-refractivity contribution in [2.45, 2.75) is 44.5 Å². The Morgan fingerprint density at radius 1 is 1.53 bits per heavy atom. The van der Waals surface area contributed by atoms with Crippen molar-refractivity contribution in [3.05, 3.63) is 28.5 Å². The molecule has 106 valence electrons. The van der Waals surface area contributed by atoms with Crippen LogP contribution in [0.25, 0.3) is 0 Å². The van der Waals surface area contributed by atoms with Gasteiger partial charge in [-0.2, -0.15) is 0 Å². The number of hydrogen-bond acceptors (Lipinski definition) is 3. The van der Waals surface area contributed by atoms with Crippen LogP contribution < -0.4 is 0 Å². The molecule has 1 unspecified atom stereocenters. The van der Waals surface area contributed by atoms with E-state index in [2.05, 4.69) is 25.3 Å². The SMILES string of the molecule is CC(C)(C)[S+]([O-])/N=C/[C@@H](F)CCc1cccc(Br)n1. The van der Waals surface area contributed by atoms with Crippen LogP contribution in [0.5, 0.6) is 0 Å². The van der Waals surface area contributed by atoms with Gasteiger partial charge < -0.3 is 4.55 Å². The summed E-state index contributed by atoms with van der Waals surface area (Å²) in [7, 11) is 0. The Hall–Kier alpha value is -0.460. The number of pyridine rings is 1. The molecule has 0 spiro atoms. The van der Waals surface area contributed by atoms with E-state index in [4.69, 9.17) is 0 Å². The third-order valence-corrected chi connectivity index (χ3v) is 4.09. The Labute approximate surface area is 125 Å². The van der Waals surface area contributed by atoms with Crippen molar-refractivity contribution in [3.8, 4) is 0 Å². The molecule has 1 heterocycles. The van der Waals surface area contributed by atoms with Crippen LogP contribution in [0.15, 0.2) is 27.2 Å². The smallest absolute Gasteiger partial charge is 0.144 e. The molecule has 0 aliphatic heterocycles. The maximum Gasteiger partial charge on any atom is 0.144 e. The monoisotopic (exact) mass is 348 g/mol. The third-order valence-electron chi connectivity index (χ3n) is 2.29. The molecule has 0 aliphatic rings. The van der Waals surface area contributed by atoms with E-state index in [1.807, 2.05) is 18.2 Å². The van der Waals surface area contributed by atoms with Crippen LogP contribution in [-0.4, -0.2) is 26.7 Å². The van der Waals surface area contributed by atoms with Crippen molar-refractivity contribution < 1.29 is 8.94 Å². The standard InChI is InChI=1S/C13H18BrFN2OS/c1-13(2,3)19(18)16-9-10(15)7-8-11-5-4-6-12(14)17-11/h4-6,9-10H,7-8H2,1-3H3/b16-9+/t10-,19?/m0/s1. The maximum atomic E-state index is 13.6. The van der Waals surface area contributed by atoms with Crippen molar-refractivity contribution in [1.82, 2.24) is 4.98 Å². The molecule has 3 nitrogen and oxygen atoms in total. The Kier molecular flexibility index (Phi) is 6.42. The summed E-state index contributed by atoms with van der Waals surface area (Å²) in [5.74, 6) is 0. The topological polar surface area (TPSA) is 48.3 Å². The van der Waals surface area contributed by atoms with Gasteiger partial charge in [0.25, 0.3) is 0 Å². The number of rotatable bonds is 5. The lowest BCUT2D eigenvalue weighted by molar-refractivity contribution is 0.407. The lowest BCUT2D eigenvalue weighted by Crippen LogP contribution is -2.26. The molecule has 0 saturated heterocycles. The van der Waals surface area contributed by atoms with Gasteiger partial charge in [0.1, 0.15) is 26.9 Å². The van der Waals surface area contributed by atoms with Gasteiger partial charge in [0.15, 0.2) is 0 Å². The van der Waals surface area contributed by atoms with E-state index in [0.717, 1.165) is 16.5 Å². The zero-order valence-electron chi connectivity index (χ0n) is 11.3. The Morgan fingerprint density at radius 3 is 2.79 bits per heavy atom. The fraction of sp³-hybridized carbons (Fsp3) is 0.538. The fourth-order valence-electron chi connectivity index (χ4n) is 1.23. The number of alkyl halides is 1. The van der Waals surface area contributed by atoms with E-state index in [1.165, 1.54) is 0 Å². The molecule has 0 fully saturated rings. The van der Waals surface area contributed by atoms with Crippen molar-refractivity contribution in [2.24, 2.45) is 4.40 Å². The molecule has 0 saturated carbocycles. The first-order valence-electron chi connectivity index (χ1n) is 6.01. The Bertz CT molecular complexity index is 437. The van der Waals surface area contributed by atoms with Crippen molar-refractivity contribution in [1.29, 1.82) is 0 Å². The molecule has 6 heteroatoms. The number of aromatic nitrogens is 1. The molecule has 0 aliphatic carbocycles. The molecule has 0 radical (unpaired) electrons. The van der Waals surface area contributed by atoms with Crippen molar-refractivity contribution in [2.75, 3.05) is 0 Å². The highest BCUT2D eigenvalue weighted by atomic mass is 79.9. The molecular formula is C13H18BrFN2OS. The van der Waals surface area contributed by atoms with Crippen molar-refractivity contribution >= 4 is 33.5 Å². The predicted molar refractivity (Wildman–Crippen MR) is 81.5 cm³/mol. The first kappa shape index (κ1) is 16.6. The number of aryl methyl sites for hydroxylation is 1. The lowest BCUT2D eigenvalue weighted by atomic mass is 10.2. The normalized spacial score (nSPS) is 15.7. The predicted octanol–water partition coefficient (Wildman–Crippen LogP) is 3.65. The molecule has 1 aromatic rings. The van der Waals surface area contributed by atoms with E-state index in [1.54, 1.807) is 20.8 Å². The lowest BCUT2D eigenvalue weighted by Gasteiger charge is -2.17. The van der Waals surface area contributed by atoms with Gasteiger partial charge in [0.05, 0.1) is 6.21 Å². The zero-order valence-corrected chi connectivity index (χ0v) is 13.7. The highest BCUT2D eigenvalue weighted by Crippen LogP contribution is 2.17. The maximum absolute atomic E-state index is 13.6. The summed E-state index contributed by atoms with van der Waals surface area (Å²) in [4.78, 5) is 4.23. The summed E-state index contributed by atoms with van der Waals surface area (Å²) >= 11 is 1.87. The summed E-state index contributed by atoms with van der Waals surface area (Å²) in [6.45, 7) is 5.41. The van der Waals surface area contributed by atoms with Gasteiger partial charge >= 0.3 is 0 Å². The molecule has 0 aromatic carbocycles. The van der Waals surface area contributed by atoms with Crippen LogP contribution in [0.4, 0.5) is 4.39 Å². The molecule has 2 atom stereocenters. The van der Waals surface area contributed by atoms with E-state index in [0.29, 0.717) is 6.42 Å². The highest BCUT2D eigenvalue weighted by molar-refractivity contribution is 9.10. The van der Waals surface area contributed by atoms with Crippen molar-refractivity contribution in [3.63, 3.8) is 0 Å². The van der Waals surface area contributed by atoms with Gasteiger partial charge in [-0.25, -0.2) is 9.37 Å². The Balaban J connectivity index is 2.44. The second-order valence-corrected chi connectivity index (χ2v) is 7.87. The minimum absolute atomic E-state index is 0.286. The average Bonchev–Trinajstić information content (AvgIpc) is 2.32. The van der Waals surface area contributed by atoms with Crippen LogP contribution in [0.3, 0.4) is 0 Å². The van der Waals surface area contributed by atoms with Crippen LogP contribution in [0, 0.1) is 0 Å². The van der Waals surface area contributed by atoms with Gasteiger partial charge in [-0.05, 0) is 61.7 Å². The van der Waals surface area contributed by atoms with Gasteiger partial charge in [-0.1, -0.05) is 10.5 Å². The van der Waals surface area contributed by atoms with Crippen LogP contribution in [0.2, 0.25) is 0 Å². The van der Waals surface area contributed by atoms with Crippen LogP contribution in [-0.2, 0) is 17.8 Å². The molecule has 19 heavy (non-hydrogen) atoms. The molecular weight excluding hydrogens is 331 g/mol. The number of nitrogens with zero attached hydrogens (tertiary/aromatic N) is 2. The second kappa shape index (κ2) is 7.36. The highest BCUT2D eigenvalue weighted by Gasteiger charge is 2.26. The molecule has 0 bridgehead atoms. The summed E-state index contributed by atoms with van der Waals surface area (Å²) < 4.78 is 29.3. The summed E-state index contributed by atoms with van der Waals surface area (Å²) in [5, 5.41) is 0. The zero-order chi connectivity index (χ0) is 14.5. The minimum atomic E-state index is -1.40. The quantitative estimate of drug-likeness (QED) is 0.463.